The smallest absolute Gasteiger partial charge is 0.242 e. The summed E-state index contributed by atoms with van der Waals surface area (Å²) in [5.74, 6) is 1.57. The molecule has 0 aliphatic heterocycles. The Morgan fingerprint density at radius 3 is 2.40 bits per heavy atom. The summed E-state index contributed by atoms with van der Waals surface area (Å²) in [4.78, 5) is 27.4. The molecule has 2 aromatic carbocycles. The van der Waals surface area contributed by atoms with Crippen LogP contribution in [-0.4, -0.2) is 35.1 Å². The first-order valence-corrected chi connectivity index (χ1v) is 11.9. The van der Waals surface area contributed by atoms with E-state index in [4.69, 9.17) is 0 Å². The summed E-state index contributed by atoms with van der Waals surface area (Å²) >= 11 is 1.75. The number of benzene rings is 2. The highest BCUT2D eigenvalue weighted by molar-refractivity contribution is 7.98. The molecule has 2 amide bonds. The molecule has 5 heteroatoms. The van der Waals surface area contributed by atoms with Crippen molar-refractivity contribution in [1.29, 1.82) is 0 Å². The van der Waals surface area contributed by atoms with Crippen LogP contribution in [0.2, 0.25) is 0 Å². The minimum Gasteiger partial charge on any atom is -0.354 e. The molecule has 0 heterocycles. The Hall–Kier alpha value is -2.27. The van der Waals surface area contributed by atoms with Crippen LogP contribution in [-0.2, 0) is 21.9 Å². The summed E-state index contributed by atoms with van der Waals surface area (Å²) in [6, 6.07) is 17.9. The van der Waals surface area contributed by atoms with Crippen molar-refractivity contribution < 1.29 is 9.59 Å². The lowest BCUT2D eigenvalue weighted by Gasteiger charge is -2.29. The van der Waals surface area contributed by atoms with E-state index >= 15 is 0 Å². The molecule has 0 spiro atoms. The number of hydrogen-bond donors (Lipinski definition) is 1. The van der Waals surface area contributed by atoms with E-state index in [0.717, 1.165) is 29.9 Å². The molecule has 0 radical (unpaired) electrons. The first kappa shape index (κ1) is 24.0. The van der Waals surface area contributed by atoms with Crippen molar-refractivity contribution in [2.24, 2.45) is 0 Å². The maximum Gasteiger partial charge on any atom is 0.242 e. The molecular weight excluding hydrogens is 392 g/mol. The number of unbranched alkanes of at least 4 members (excludes halogenated alkanes) is 1. The van der Waals surface area contributed by atoms with Crippen molar-refractivity contribution in [1.82, 2.24) is 10.2 Å². The third-order valence-electron chi connectivity index (χ3n) is 5.04. The monoisotopic (exact) mass is 426 g/mol. The molecule has 4 nitrogen and oxygen atoms in total. The number of carbonyl (C=O) groups excluding carboxylic acids is 2. The average molecular weight is 427 g/mol. The van der Waals surface area contributed by atoms with Crippen LogP contribution in [0.25, 0.3) is 0 Å². The molecule has 30 heavy (non-hydrogen) atoms. The molecule has 0 aliphatic carbocycles. The Bertz CT molecular complexity index is 777. The zero-order chi connectivity index (χ0) is 21.8. The number of carbonyl (C=O) groups is 2. The van der Waals surface area contributed by atoms with Gasteiger partial charge in [0.05, 0.1) is 0 Å². The first-order valence-electron chi connectivity index (χ1n) is 10.8. The largest absolute Gasteiger partial charge is 0.354 e. The highest BCUT2D eigenvalue weighted by atomic mass is 32.2. The van der Waals surface area contributed by atoms with Gasteiger partial charge in [0, 0.05) is 31.0 Å². The van der Waals surface area contributed by atoms with E-state index in [1.807, 2.05) is 56.3 Å². The molecule has 0 saturated carbocycles. The summed E-state index contributed by atoms with van der Waals surface area (Å²) in [6.07, 6.45) is 2.40. The zero-order valence-corrected chi connectivity index (χ0v) is 19.2. The Kier molecular flexibility index (Phi) is 10.5. The van der Waals surface area contributed by atoms with Crippen molar-refractivity contribution in [3.8, 4) is 0 Å². The van der Waals surface area contributed by atoms with E-state index in [1.165, 1.54) is 11.1 Å². The van der Waals surface area contributed by atoms with Gasteiger partial charge in [-0.3, -0.25) is 9.59 Å². The SMILES string of the molecule is CCCCNC(=O)[C@@H](C)N(Cc1ccc(C)cc1)C(=O)CCSCc1ccccc1. The predicted octanol–water partition coefficient (Wildman–Crippen LogP) is 4.95. The standard InChI is InChI=1S/C25H34N2O2S/c1-4-5-16-26-25(29)21(3)27(18-22-13-11-20(2)12-14-22)24(28)15-17-30-19-23-9-7-6-8-10-23/h6-14,21H,4-5,15-19H2,1-3H3,(H,26,29)/t21-/m1/s1. The molecular formula is C25H34N2O2S. The van der Waals surface area contributed by atoms with Gasteiger partial charge < -0.3 is 10.2 Å². The van der Waals surface area contributed by atoms with Crippen molar-refractivity contribution in [3.05, 3.63) is 71.3 Å². The van der Waals surface area contributed by atoms with Crippen molar-refractivity contribution in [2.75, 3.05) is 12.3 Å². The van der Waals surface area contributed by atoms with E-state index in [2.05, 4.69) is 24.4 Å². The Labute approximate surface area is 185 Å². The molecule has 0 saturated heterocycles. The summed E-state index contributed by atoms with van der Waals surface area (Å²) in [5, 5.41) is 2.96. The molecule has 1 N–H and O–H groups in total. The predicted molar refractivity (Wildman–Crippen MR) is 126 cm³/mol. The van der Waals surface area contributed by atoms with Gasteiger partial charge in [-0.2, -0.15) is 11.8 Å². The van der Waals surface area contributed by atoms with E-state index in [-0.39, 0.29) is 11.8 Å². The van der Waals surface area contributed by atoms with Crippen LogP contribution in [0.15, 0.2) is 54.6 Å². The highest BCUT2D eigenvalue weighted by Crippen LogP contribution is 2.16. The first-order chi connectivity index (χ1) is 14.5. The van der Waals surface area contributed by atoms with Gasteiger partial charge in [-0.25, -0.2) is 0 Å². The molecule has 0 fully saturated rings. The fraction of sp³-hybridized carbons (Fsp3) is 0.440. The molecule has 0 unspecified atom stereocenters. The van der Waals surface area contributed by atoms with Crippen molar-refractivity contribution in [2.45, 2.75) is 58.4 Å². The van der Waals surface area contributed by atoms with Gasteiger partial charge in [0.25, 0.3) is 0 Å². The number of thioether (sulfide) groups is 1. The third kappa shape index (κ3) is 8.23. The molecule has 0 bridgehead atoms. The van der Waals surface area contributed by atoms with Crippen LogP contribution in [0.4, 0.5) is 0 Å². The van der Waals surface area contributed by atoms with Gasteiger partial charge in [-0.1, -0.05) is 73.5 Å². The third-order valence-corrected chi connectivity index (χ3v) is 6.07. The van der Waals surface area contributed by atoms with Gasteiger partial charge in [0.1, 0.15) is 6.04 Å². The average Bonchev–Trinajstić information content (AvgIpc) is 2.76. The topological polar surface area (TPSA) is 49.4 Å². The van der Waals surface area contributed by atoms with Gasteiger partial charge in [0.15, 0.2) is 0 Å². The van der Waals surface area contributed by atoms with Crippen LogP contribution in [0.1, 0.15) is 49.8 Å². The lowest BCUT2D eigenvalue weighted by molar-refractivity contribution is -0.140. The highest BCUT2D eigenvalue weighted by Gasteiger charge is 2.25. The van der Waals surface area contributed by atoms with Crippen LogP contribution >= 0.6 is 11.8 Å². The number of amides is 2. The summed E-state index contributed by atoms with van der Waals surface area (Å²) < 4.78 is 0. The molecule has 2 aromatic rings. The van der Waals surface area contributed by atoms with Gasteiger partial charge in [-0.15, -0.1) is 0 Å². The zero-order valence-electron chi connectivity index (χ0n) is 18.4. The number of hydrogen-bond acceptors (Lipinski definition) is 3. The van der Waals surface area contributed by atoms with E-state index in [0.29, 0.717) is 19.5 Å². The van der Waals surface area contributed by atoms with E-state index < -0.39 is 6.04 Å². The quantitative estimate of drug-likeness (QED) is 0.489. The normalized spacial score (nSPS) is 11.7. The second kappa shape index (κ2) is 13.1. The Morgan fingerprint density at radius 2 is 1.73 bits per heavy atom. The van der Waals surface area contributed by atoms with Gasteiger partial charge in [-0.05, 0) is 31.4 Å². The van der Waals surface area contributed by atoms with Crippen LogP contribution in [0, 0.1) is 6.92 Å². The van der Waals surface area contributed by atoms with Gasteiger partial charge >= 0.3 is 0 Å². The molecule has 0 aliphatic rings. The lowest BCUT2D eigenvalue weighted by atomic mass is 10.1. The summed E-state index contributed by atoms with van der Waals surface area (Å²) in [6.45, 7) is 7.06. The summed E-state index contributed by atoms with van der Waals surface area (Å²) in [5.41, 5.74) is 3.48. The van der Waals surface area contributed by atoms with Crippen molar-refractivity contribution >= 4 is 23.6 Å². The number of aryl methyl sites for hydroxylation is 1. The summed E-state index contributed by atoms with van der Waals surface area (Å²) in [7, 11) is 0. The Morgan fingerprint density at radius 1 is 1.03 bits per heavy atom. The fourth-order valence-corrected chi connectivity index (χ4v) is 3.97. The molecule has 2 rings (SSSR count). The molecule has 162 valence electrons. The van der Waals surface area contributed by atoms with Crippen molar-refractivity contribution in [3.63, 3.8) is 0 Å². The molecule has 0 aromatic heterocycles. The van der Waals surface area contributed by atoms with Gasteiger partial charge in [0.2, 0.25) is 11.8 Å². The maximum absolute atomic E-state index is 13.0. The van der Waals surface area contributed by atoms with E-state index in [1.54, 1.807) is 16.7 Å². The Balaban J connectivity index is 1.96. The second-order valence-electron chi connectivity index (χ2n) is 7.62. The van der Waals surface area contributed by atoms with Crippen LogP contribution in [0.3, 0.4) is 0 Å². The minimum absolute atomic E-state index is 0.0225. The lowest BCUT2D eigenvalue weighted by Crippen LogP contribution is -2.47. The number of nitrogens with one attached hydrogen (secondary N) is 1. The second-order valence-corrected chi connectivity index (χ2v) is 8.72. The minimum atomic E-state index is -0.491. The van der Waals surface area contributed by atoms with E-state index in [9.17, 15) is 9.59 Å². The maximum atomic E-state index is 13.0. The molecule has 1 atom stereocenters. The van der Waals surface area contributed by atoms with Crippen LogP contribution in [0.5, 0.6) is 0 Å². The number of nitrogens with zero attached hydrogens (tertiary/aromatic N) is 1. The fourth-order valence-electron chi connectivity index (χ4n) is 3.08. The number of rotatable bonds is 12. The van der Waals surface area contributed by atoms with Crippen LogP contribution < -0.4 is 5.32 Å².